The van der Waals surface area contributed by atoms with Crippen LogP contribution in [-0.2, 0) is 10.0 Å². The van der Waals surface area contributed by atoms with Gasteiger partial charge in [-0.3, -0.25) is 0 Å². The molecule has 0 saturated carbocycles. The van der Waals surface area contributed by atoms with Gasteiger partial charge >= 0.3 is 0 Å². The lowest BCUT2D eigenvalue weighted by Crippen LogP contribution is -2.13. The first-order valence-corrected chi connectivity index (χ1v) is 8.23. The lowest BCUT2D eigenvalue weighted by Gasteiger charge is -2.07. The SMILES string of the molecule is Nc1ccc(Sc2ccc(Br)cn2)c(S(N)(=O)=O)c1. The third-order valence-electron chi connectivity index (χ3n) is 2.19. The molecule has 5 nitrogen and oxygen atoms in total. The molecule has 0 bridgehead atoms. The molecule has 4 N–H and O–H groups in total. The summed E-state index contributed by atoms with van der Waals surface area (Å²) in [5.74, 6) is 0. The molecule has 1 heterocycles. The fourth-order valence-electron chi connectivity index (χ4n) is 1.37. The van der Waals surface area contributed by atoms with Crippen molar-refractivity contribution in [1.82, 2.24) is 4.98 Å². The number of anilines is 1. The minimum Gasteiger partial charge on any atom is -0.399 e. The van der Waals surface area contributed by atoms with Gasteiger partial charge in [0.05, 0.1) is 4.90 Å². The number of aromatic nitrogens is 1. The Labute approximate surface area is 123 Å². The molecule has 0 aliphatic heterocycles. The smallest absolute Gasteiger partial charge is 0.239 e. The Kier molecular flexibility index (Phi) is 4.14. The molecule has 2 aromatic rings. The average Bonchev–Trinajstić information content (AvgIpc) is 2.33. The molecule has 2 rings (SSSR count). The van der Waals surface area contributed by atoms with Gasteiger partial charge in [0.1, 0.15) is 5.03 Å². The summed E-state index contributed by atoms with van der Waals surface area (Å²) in [6, 6.07) is 8.18. The molecule has 0 radical (unpaired) electrons. The number of sulfonamides is 1. The Bertz CT molecular complexity index is 702. The van der Waals surface area contributed by atoms with Crippen molar-refractivity contribution in [2.24, 2.45) is 5.14 Å². The molecule has 0 aliphatic rings. The molecule has 0 fully saturated rings. The van der Waals surface area contributed by atoms with Gasteiger partial charge in [-0.1, -0.05) is 11.8 Å². The van der Waals surface area contributed by atoms with Crippen molar-refractivity contribution in [1.29, 1.82) is 0 Å². The van der Waals surface area contributed by atoms with E-state index in [0.717, 1.165) is 4.47 Å². The largest absolute Gasteiger partial charge is 0.399 e. The molecule has 0 amide bonds. The van der Waals surface area contributed by atoms with Crippen LogP contribution in [0.1, 0.15) is 0 Å². The zero-order chi connectivity index (χ0) is 14.0. The molecule has 100 valence electrons. The minimum atomic E-state index is -3.82. The third kappa shape index (κ3) is 3.69. The first-order chi connectivity index (χ1) is 8.86. The summed E-state index contributed by atoms with van der Waals surface area (Å²) in [6.07, 6.45) is 1.64. The van der Waals surface area contributed by atoms with Crippen molar-refractivity contribution >= 4 is 43.4 Å². The highest BCUT2D eigenvalue weighted by Gasteiger charge is 2.15. The summed E-state index contributed by atoms with van der Waals surface area (Å²) < 4.78 is 23.9. The van der Waals surface area contributed by atoms with Crippen LogP contribution >= 0.6 is 27.7 Å². The van der Waals surface area contributed by atoms with E-state index in [0.29, 0.717) is 15.6 Å². The van der Waals surface area contributed by atoms with Gasteiger partial charge in [-0.15, -0.1) is 0 Å². The molecule has 0 spiro atoms. The Hall–Kier alpha value is -1.09. The number of nitrogens with two attached hydrogens (primary N) is 2. The van der Waals surface area contributed by atoms with Crippen molar-refractivity contribution in [3.05, 3.63) is 41.0 Å². The zero-order valence-corrected chi connectivity index (χ0v) is 12.8. The fourth-order valence-corrected chi connectivity index (χ4v) is 3.49. The molecular weight excluding hydrogens is 350 g/mol. The molecule has 19 heavy (non-hydrogen) atoms. The van der Waals surface area contributed by atoms with Crippen LogP contribution in [0.3, 0.4) is 0 Å². The fraction of sp³-hybridized carbons (Fsp3) is 0. The van der Waals surface area contributed by atoms with Gasteiger partial charge in [0, 0.05) is 21.3 Å². The first kappa shape index (κ1) is 14.3. The zero-order valence-electron chi connectivity index (χ0n) is 9.58. The normalized spacial score (nSPS) is 11.5. The van der Waals surface area contributed by atoms with Crippen molar-refractivity contribution in [3.8, 4) is 0 Å². The Morgan fingerprint density at radius 3 is 2.53 bits per heavy atom. The average molecular weight is 360 g/mol. The molecular formula is C11H10BrN3O2S2. The van der Waals surface area contributed by atoms with Crippen LogP contribution in [0, 0.1) is 0 Å². The highest BCUT2D eigenvalue weighted by molar-refractivity contribution is 9.10. The quantitative estimate of drug-likeness (QED) is 0.818. The Morgan fingerprint density at radius 2 is 1.95 bits per heavy atom. The van der Waals surface area contributed by atoms with Crippen LogP contribution in [-0.4, -0.2) is 13.4 Å². The second kappa shape index (κ2) is 5.49. The van der Waals surface area contributed by atoms with E-state index in [1.807, 2.05) is 6.07 Å². The van der Waals surface area contributed by atoms with E-state index in [1.165, 1.54) is 17.8 Å². The predicted molar refractivity (Wildman–Crippen MR) is 78.3 cm³/mol. The van der Waals surface area contributed by atoms with E-state index in [1.54, 1.807) is 24.4 Å². The maximum atomic E-state index is 11.5. The van der Waals surface area contributed by atoms with Gasteiger partial charge in [-0.25, -0.2) is 18.5 Å². The van der Waals surface area contributed by atoms with E-state index in [2.05, 4.69) is 20.9 Å². The van der Waals surface area contributed by atoms with Crippen molar-refractivity contribution in [2.75, 3.05) is 5.73 Å². The lowest BCUT2D eigenvalue weighted by atomic mass is 10.3. The number of rotatable bonds is 3. The van der Waals surface area contributed by atoms with Gasteiger partial charge in [0.2, 0.25) is 10.0 Å². The predicted octanol–water partition coefficient (Wildman–Crippen LogP) is 2.22. The third-order valence-corrected chi connectivity index (χ3v) is 4.76. The van der Waals surface area contributed by atoms with Crippen LogP contribution in [0.4, 0.5) is 5.69 Å². The Balaban J connectivity index is 2.43. The van der Waals surface area contributed by atoms with Crippen LogP contribution in [0.5, 0.6) is 0 Å². The molecule has 8 heteroatoms. The van der Waals surface area contributed by atoms with Gasteiger partial charge in [-0.05, 0) is 46.3 Å². The highest BCUT2D eigenvalue weighted by Crippen LogP contribution is 2.32. The summed E-state index contributed by atoms with van der Waals surface area (Å²) in [7, 11) is -3.82. The molecule has 1 aromatic heterocycles. The number of halogens is 1. The van der Waals surface area contributed by atoms with Crippen LogP contribution < -0.4 is 10.9 Å². The molecule has 0 atom stereocenters. The standard InChI is InChI=1S/C11H10BrN3O2S2/c12-7-1-4-11(15-6-7)18-9-3-2-8(13)5-10(9)19(14,16)17/h1-6H,13H2,(H2,14,16,17). The summed E-state index contributed by atoms with van der Waals surface area (Å²) in [6.45, 7) is 0. The molecule has 0 aliphatic carbocycles. The van der Waals surface area contributed by atoms with Crippen LogP contribution in [0.2, 0.25) is 0 Å². The molecule has 0 saturated heterocycles. The van der Waals surface area contributed by atoms with Crippen molar-refractivity contribution in [2.45, 2.75) is 14.8 Å². The van der Waals surface area contributed by atoms with Crippen LogP contribution in [0.15, 0.2) is 55.8 Å². The monoisotopic (exact) mass is 359 g/mol. The van der Waals surface area contributed by atoms with E-state index in [9.17, 15) is 8.42 Å². The summed E-state index contributed by atoms with van der Waals surface area (Å²) in [4.78, 5) is 4.66. The van der Waals surface area contributed by atoms with Crippen molar-refractivity contribution in [3.63, 3.8) is 0 Å². The maximum Gasteiger partial charge on any atom is 0.239 e. The number of nitrogen functional groups attached to an aromatic ring is 1. The summed E-state index contributed by atoms with van der Waals surface area (Å²) in [5.41, 5.74) is 5.93. The summed E-state index contributed by atoms with van der Waals surface area (Å²) >= 11 is 4.49. The Morgan fingerprint density at radius 1 is 1.21 bits per heavy atom. The number of hydrogen-bond acceptors (Lipinski definition) is 5. The second-order valence-electron chi connectivity index (χ2n) is 3.67. The molecule has 1 aromatic carbocycles. The molecule has 0 unspecified atom stereocenters. The van der Waals surface area contributed by atoms with Gasteiger partial charge in [0.25, 0.3) is 0 Å². The number of nitrogens with zero attached hydrogens (tertiary/aromatic N) is 1. The van der Waals surface area contributed by atoms with Crippen molar-refractivity contribution < 1.29 is 8.42 Å². The van der Waals surface area contributed by atoms with Gasteiger partial charge < -0.3 is 5.73 Å². The highest BCUT2D eigenvalue weighted by atomic mass is 79.9. The first-order valence-electron chi connectivity index (χ1n) is 5.08. The van der Waals surface area contributed by atoms with Gasteiger partial charge in [-0.2, -0.15) is 0 Å². The minimum absolute atomic E-state index is 0.00205. The maximum absolute atomic E-state index is 11.5. The number of hydrogen-bond donors (Lipinski definition) is 2. The van der Waals surface area contributed by atoms with E-state index in [4.69, 9.17) is 10.9 Å². The van der Waals surface area contributed by atoms with Gasteiger partial charge in [0.15, 0.2) is 0 Å². The second-order valence-corrected chi connectivity index (χ2v) is 7.18. The lowest BCUT2D eigenvalue weighted by molar-refractivity contribution is 0.596. The number of primary sulfonamides is 1. The topological polar surface area (TPSA) is 99.1 Å². The van der Waals surface area contributed by atoms with Crippen LogP contribution in [0.25, 0.3) is 0 Å². The van der Waals surface area contributed by atoms with E-state index in [-0.39, 0.29) is 4.90 Å². The number of benzene rings is 1. The summed E-state index contributed by atoms with van der Waals surface area (Å²) in [5, 5.41) is 5.84. The van der Waals surface area contributed by atoms with E-state index < -0.39 is 10.0 Å². The van der Waals surface area contributed by atoms with E-state index >= 15 is 0 Å². The number of pyridine rings is 1.